The van der Waals surface area contributed by atoms with E-state index in [1.165, 1.54) is 13.8 Å². The molecule has 20 nitrogen and oxygen atoms in total. The Bertz CT molecular complexity index is 1760. The highest BCUT2D eigenvalue weighted by Crippen LogP contribution is 2.21. The van der Waals surface area contributed by atoms with Crippen molar-refractivity contribution in [1.82, 2.24) is 36.5 Å². The molecule has 0 bridgehead atoms. The van der Waals surface area contributed by atoms with Gasteiger partial charge in [0.05, 0.1) is 19.1 Å². The average Bonchev–Trinajstić information content (AvgIpc) is 3.79. The minimum Gasteiger partial charge on any atom is -0.481 e. The molecule has 0 spiro atoms. The van der Waals surface area contributed by atoms with Crippen LogP contribution in [0.1, 0.15) is 58.9 Å². The van der Waals surface area contributed by atoms with Crippen LogP contribution < -0.4 is 32.3 Å². The van der Waals surface area contributed by atoms with Crippen LogP contribution in [0.4, 0.5) is 0 Å². The topological polar surface area (TPSA) is 323 Å². The van der Waals surface area contributed by atoms with Gasteiger partial charge in [-0.15, -0.1) is 0 Å². The highest BCUT2D eigenvalue weighted by molar-refractivity contribution is 5.98. The maximum absolute atomic E-state index is 13.7. The predicted molar refractivity (Wildman–Crippen MR) is 198 cm³/mol. The molecular formula is C36H52N8O12. The first-order chi connectivity index (χ1) is 26.3. The molecule has 20 heteroatoms. The third-order valence-electron chi connectivity index (χ3n) is 9.28. The molecule has 0 aliphatic carbocycles. The fourth-order valence-corrected chi connectivity index (χ4v) is 6.20. The van der Waals surface area contributed by atoms with Gasteiger partial charge in [0.25, 0.3) is 0 Å². The number of nitrogens with one attached hydrogen (secondary N) is 6. The zero-order valence-electron chi connectivity index (χ0n) is 31.6. The van der Waals surface area contributed by atoms with Crippen LogP contribution in [-0.4, -0.2) is 139 Å². The number of rotatable bonds is 20. The Labute approximate surface area is 322 Å². The number of likely N-dealkylation sites (tertiary alicyclic amines) is 1. The highest BCUT2D eigenvalue weighted by Gasteiger charge is 2.40. The Morgan fingerprint density at radius 1 is 0.839 bits per heavy atom. The first-order valence-electron chi connectivity index (χ1n) is 18.2. The van der Waals surface area contributed by atoms with Crippen LogP contribution in [-0.2, 0) is 44.8 Å². The van der Waals surface area contributed by atoms with Gasteiger partial charge >= 0.3 is 11.9 Å². The number of aromatic nitrogens is 1. The van der Waals surface area contributed by atoms with Gasteiger partial charge in [-0.3, -0.25) is 33.6 Å². The van der Waals surface area contributed by atoms with E-state index in [4.69, 9.17) is 5.73 Å². The number of amides is 6. The summed E-state index contributed by atoms with van der Waals surface area (Å²) in [6.07, 6.45) is -0.0421. The van der Waals surface area contributed by atoms with E-state index in [2.05, 4.69) is 31.6 Å². The molecule has 12 N–H and O–H groups in total. The van der Waals surface area contributed by atoms with Crippen molar-refractivity contribution in [2.45, 2.75) is 108 Å². The second-order valence-electron chi connectivity index (χ2n) is 14.2. The van der Waals surface area contributed by atoms with Crippen molar-refractivity contribution in [3.8, 4) is 0 Å². The largest absolute Gasteiger partial charge is 0.481 e. The van der Waals surface area contributed by atoms with E-state index in [1.54, 1.807) is 44.3 Å². The number of carbonyl (C=O) groups excluding carboxylic acids is 6. The number of para-hydroxylation sites is 1. The summed E-state index contributed by atoms with van der Waals surface area (Å²) in [4.78, 5) is 107. The molecule has 0 saturated carbocycles. The number of aromatic amines is 1. The van der Waals surface area contributed by atoms with E-state index in [-0.39, 0.29) is 31.7 Å². The van der Waals surface area contributed by atoms with Crippen molar-refractivity contribution in [2.75, 3.05) is 13.2 Å². The quantitative estimate of drug-likeness (QED) is 0.0660. The van der Waals surface area contributed by atoms with E-state index >= 15 is 0 Å². The number of fused-ring (bicyclic) bond motifs is 1. The predicted octanol–water partition coefficient (Wildman–Crippen LogP) is -2.55. The van der Waals surface area contributed by atoms with Gasteiger partial charge in [0, 0.05) is 30.1 Å². The maximum atomic E-state index is 13.7. The molecule has 1 aliphatic heterocycles. The zero-order chi connectivity index (χ0) is 41.9. The number of hydrogen-bond donors (Lipinski definition) is 11. The second kappa shape index (κ2) is 20.4. The van der Waals surface area contributed by atoms with Gasteiger partial charge in [-0.1, -0.05) is 32.0 Å². The molecule has 8 atom stereocenters. The Balaban J connectivity index is 1.79. The fraction of sp³-hybridized carbons (Fsp3) is 0.556. The molecule has 1 fully saturated rings. The van der Waals surface area contributed by atoms with Crippen LogP contribution in [0.3, 0.4) is 0 Å². The van der Waals surface area contributed by atoms with Crippen LogP contribution in [0.25, 0.3) is 10.9 Å². The lowest BCUT2D eigenvalue weighted by Crippen LogP contribution is -2.60. The highest BCUT2D eigenvalue weighted by atomic mass is 16.4. The smallest absolute Gasteiger partial charge is 0.326 e. The van der Waals surface area contributed by atoms with Gasteiger partial charge in [0.1, 0.15) is 42.3 Å². The number of nitrogens with zero attached hydrogens (tertiary/aromatic N) is 1. The van der Waals surface area contributed by atoms with Gasteiger partial charge in [-0.05, 0) is 50.7 Å². The first kappa shape index (κ1) is 44.8. The third-order valence-corrected chi connectivity index (χ3v) is 9.28. The van der Waals surface area contributed by atoms with Crippen LogP contribution in [0.5, 0.6) is 0 Å². The summed E-state index contributed by atoms with van der Waals surface area (Å²) in [6, 6.07) is -2.77. The third kappa shape index (κ3) is 12.2. The molecule has 1 aromatic heterocycles. The molecule has 1 aliphatic rings. The number of nitrogens with two attached hydrogens (primary N) is 1. The van der Waals surface area contributed by atoms with Crippen molar-refractivity contribution in [2.24, 2.45) is 11.7 Å². The number of carbonyl (C=O) groups is 8. The average molecular weight is 789 g/mol. The number of benzene rings is 1. The van der Waals surface area contributed by atoms with Crippen LogP contribution in [0.2, 0.25) is 0 Å². The summed E-state index contributed by atoms with van der Waals surface area (Å²) >= 11 is 0. The van der Waals surface area contributed by atoms with Gasteiger partial charge < -0.3 is 62.6 Å². The van der Waals surface area contributed by atoms with Crippen molar-refractivity contribution in [3.05, 3.63) is 36.0 Å². The number of aliphatic hydroxyl groups is 2. The van der Waals surface area contributed by atoms with E-state index in [9.17, 15) is 58.8 Å². The molecule has 6 amide bonds. The van der Waals surface area contributed by atoms with Crippen LogP contribution in [0, 0.1) is 5.92 Å². The van der Waals surface area contributed by atoms with Crippen molar-refractivity contribution < 1.29 is 58.8 Å². The molecule has 0 unspecified atom stereocenters. The molecular weight excluding hydrogens is 736 g/mol. The monoisotopic (exact) mass is 788 g/mol. The van der Waals surface area contributed by atoms with Crippen molar-refractivity contribution in [3.63, 3.8) is 0 Å². The number of aliphatic carboxylic acids is 2. The molecule has 56 heavy (non-hydrogen) atoms. The number of H-pyrrole nitrogens is 1. The minimum absolute atomic E-state index is 0.0343. The van der Waals surface area contributed by atoms with E-state index in [0.29, 0.717) is 17.4 Å². The summed E-state index contributed by atoms with van der Waals surface area (Å²) in [7, 11) is 0. The lowest BCUT2D eigenvalue weighted by atomic mass is 10.0. The SMILES string of the molecule is CC(C)C[C@H](NC(=O)[C@@H]1CCCN1C(=O)[C@H](CC(=O)O)NC(=O)[C@H](C)NC(=O)[C@H](Cc1c[nH]c2ccccc12)NC(=O)[C@H](CO)NC(=O)[C@@H](N)[C@@H](C)O)C(=O)O. The zero-order valence-corrected chi connectivity index (χ0v) is 31.6. The lowest BCUT2D eigenvalue weighted by Gasteiger charge is -2.30. The molecule has 2 aromatic rings. The maximum Gasteiger partial charge on any atom is 0.326 e. The summed E-state index contributed by atoms with van der Waals surface area (Å²) in [5.41, 5.74) is 6.94. The van der Waals surface area contributed by atoms with Crippen LogP contribution >= 0.6 is 0 Å². The molecule has 2 heterocycles. The van der Waals surface area contributed by atoms with Gasteiger partial charge in [-0.25, -0.2) is 4.79 Å². The first-order valence-corrected chi connectivity index (χ1v) is 18.2. The molecule has 3 rings (SSSR count). The molecule has 1 saturated heterocycles. The van der Waals surface area contributed by atoms with Gasteiger partial charge in [0.15, 0.2) is 0 Å². The Kier molecular flexibility index (Phi) is 16.3. The standard InChI is InChI=1S/C36H52N8O12/c1-17(2)12-25(36(55)56)42-33(52)27-10-7-11-44(27)35(54)24(14-28(47)48)41-30(49)18(3)39-31(50)23(13-20-15-38-22-9-6-5-8-21(20)22)40-32(51)26(16-45)43-34(53)29(37)19(4)46/h5-6,8-9,15,17-19,23-27,29,38,45-46H,7,10-14,16,37H2,1-4H3,(H,39,50)(H,40,51)(H,41,49)(H,42,52)(H,43,53)(H,47,48)(H,55,56)/t18-,19+,23-,24-,25-,26-,27-,29-/m0/s1. The summed E-state index contributed by atoms with van der Waals surface area (Å²) in [5.74, 6) is -8.23. The Morgan fingerprint density at radius 3 is 2.07 bits per heavy atom. The van der Waals surface area contributed by atoms with E-state index in [0.717, 1.165) is 10.4 Å². The number of carboxylic acid groups (broad SMARTS) is 2. The molecule has 308 valence electrons. The number of aliphatic hydroxyl groups excluding tert-OH is 2. The number of hydrogen-bond acceptors (Lipinski definition) is 11. The minimum atomic E-state index is -1.68. The Hall–Kier alpha value is -5.60. The van der Waals surface area contributed by atoms with E-state index < -0.39 is 109 Å². The summed E-state index contributed by atoms with van der Waals surface area (Å²) in [5, 5.41) is 51.3. The second-order valence-corrected chi connectivity index (χ2v) is 14.2. The number of carboxylic acids is 2. The lowest BCUT2D eigenvalue weighted by molar-refractivity contribution is -0.147. The molecule has 0 radical (unpaired) electrons. The van der Waals surface area contributed by atoms with Crippen molar-refractivity contribution >= 4 is 58.3 Å². The fourth-order valence-electron chi connectivity index (χ4n) is 6.20. The van der Waals surface area contributed by atoms with Crippen molar-refractivity contribution in [1.29, 1.82) is 0 Å². The molecule has 1 aromatic carbocycles. The Morgan fingerprint density at radius 2 is 1.46 bits per heavy atom. The normalized spacial score (nSPS) is 17.8. The van der Waals surface area contributed by atoms with Crippen LogP contribution in [0.15, 0.2) is 30.5 Å². The van der Waals surface area contributed by atoms with Gasteiger partial charge in [0.2, 0.25) is 35.4 Å². The van der Waals surface area contributed by atoms with Gasteiger partial charge in [-0.2, -0.15) is 0 Å². The summed E-state index contributed by atoms with van der Waals surface area (Å²) in [6.45, 7) is 5.20. The van der Waals surface area contributed by atoms with E-state index in [1.807, 2.05) is 0 Å². The summed E-state index contributed by atoms with van der Waals surface area (Å²) < 4.78 is 0.